The number of carbonyl (C=O) groups excluding carboxylic acids is 2. The number of anilines is 1. The van der Waals surface area contributed by atoms with Gasteiger partial charge >= 0.3 is 12.1 Å². The summed E-state index contributed by atoms with van der Waals surface area (Å²) in [4.78, 5) is 35.8. The Morgan fingerprint density at radius 2 is 1.62 bits per heavy atom. The number of hydrogen-bond donors (Lipinski definition) is 4. The predicted octanol–water partition coefficient (Wildman–Crippen LogP) is 4.40. The molecular formula is C29H31F3N4O4. The van der Waals surface area contributed by atoms with Crippen LogP contribution in [0.15, 0.2) is 72.8 Å². The Morgan fingerprint density at radius 3 is 2.27 bits per heavy atom. The summed E-state index contributed by atoms with van der Waals surface area (Å²) in [6.07, 6.45) is -3.30. The Bertz CT molecular complexity index is 1350. The van der Waals surface area contributed by atoms with Crippen molar-refractivity contribution in [3.63, 3.8) is 0 Å². The normalized spacial score (nSPS) is 15.4. The summed E-state index contributed by atoms with van der Waals surface area (Å²) in [5, 5.41) is 10.2. The van der Waals surface area contributed by atoms with Crippen molar-refractivity contribution in [3.05, 3.63) is 89.5 Å². The van der Waals surface area contributed by atoms with Crippen molar-refractivity contribution in [1.29, 1.82) is 0 Å². The number of aliphatic carboxylic acids is 1. The molecule has 1 saturated heterocycles. The number of carboxylic acids is 1. The van der Waals surface area contributed by atoms with Crippen LogP contribution >= 0.6 is 0 Å². The van der Waals surface area contributed by atoms with Crippen LogP contribution in [0.5, 0.6) is 0 Å². The minimum atomic E-state index is -5.08. The number of likely N-dealkylation sites (tertiary alicyclic amines) is 1. The smallest absolute Gasteiger partial charge is 0.475 e. The van der Waals surface area contributed by atoms with Gasteiger partial charge in [0, 0.05) is 30.9 Å². The molecule has 1 heterocycles. The van der Waals surface area contributed by atoms with Crippen molar-refractivity contribution in [2.45, 2.75) is 32.1 Å². The molecule has 3 aromatic rings. The lowest BCUT2D eigenvalue weighted by Gasteiger charge is -2.31. The minimum absolute atomic E-state index is 0.110. The zero-order valence-corrected chi connectivity index (χ0v) is 21.7. The van der Waals surface area contributed by atoms with E-state index in [2.05, 4.69) is 10.2 Å². The van der Waals surface area contributed by atoms with Crippen LogP contribution in [0.2, 0.25) is 0 Å². The third-order valence-electron chi connectivity index (χ3n) is 6.43. The molecule has 40 heavy (non-hydrogen) atoms. The number of rotatable bonds is 7. The number of piperidine rings is 1. The number of nitrogens with two attached hydrogens (primary N) is 2. The minimum Gasteiger partial charge on any atom is -0.475 e. The average Bonchev–Trinajstić information content (AvgIpc) is 2.94. The highest BCUT2D eigenvalue weighted by molar-refractivity contribution is 6.05. The van der Waals surface area contributed by atoms with Gasteiger partial charge in [0.25, 0.3) is 5.91 Å². The highest BCUT2D eigenvalue weighted by Gasteiger charge is 2.38. The molecule has 0 spiro atoms. The average molecular weight is 557 g/mol. The van der Waals surface area contributed by atoms with Crippen LogP contribution in [-0.4, -0.2) is 47.1 Å². The number of amides is 2. The molecule has 0 aliphatic carbocycles. The Hall–Kier alpha value is -4.22. The number of para-hydroxylation sites is 1. The molecule has 1 fully saturated rings. The van der Waals surface area contributed by atoms with Crippen LogP contribution in [0.25, 0.3) is 11.1 Å². The first-order valence-corrected chi connectivity index (χ1v) is 12.6. The Labute approximate surface area is 229 Å². The van der Waals surface area contributed by atoms with Crippen molar-refractivity contribution >= 4 is 23.5 Å². The molecule has 0 saturated carbocycles. The molecule has 212 valence electrons. The highest BCUT2D eigenvalue weighted by atomic mass is 19.4. The maximum atomic E-state index is 13.1. The summed E-state index contributed by atoms with van der Waals surface area (Å²) < 4.78 is 31.7. The number of benzene rings is 3. The third-order valence-corrected chi connectivity index (χ3v) is 6.43. The topological polar surface area (TPSA) is 139 Å². The van der Waals surface area contributed by atoms with Crippen molar-refractivity contribution < 1.29 is 32.7 Å². The Balaban J connectivity index is 0.000000559. The van der Waals surface area contributed by atoms with Gasteiger partial charge in [0.2, 0.25) is 5.91 Å². The van der Waals surface area contributed by atoms with Crippen molar-refractivity contribution in [2.75, 3.05) is 18.4 Å². The van der Waals surface area contributed by atoms with Crippen LogP contribution in [0.1, 0.15) is 34.3 Å². The van der Waals surface area contributed by atoms with E-state index in [0.29, 0.717) is 25.2 Å². The third kappa shape index (κ3) is 8.65. The van der Waals surface area contributed by atoms with E-state index in [1.165, 1.54) is 0 Å². The SMILES string of the molecule is NCc1cccc(-c2cccc(C(=O)Nc3ccccc3CN3CCCC(C(N)=O)C3)c2)c1.O=C(O)C(F)(F)F. The fourth-order valence-electron chi connectivity index (χ4n) is 4.36. The first-order chi connectivity index (χ1) is 19.0. The summed E-state index contributed by atoms with van der Waals surface area (Å²) >= 11 is 0. The van der Waals surface area contributed by atoms with Crippen LogP contribution < -0.4 is 16.8 Å². The quantitative estimate of drug-likeness (QED) is 0.340. The van der Waals surface area contributed by atoms with Gasteiger partial charge in [-0.2, -0.15) is 13.2 Å². The van der Waals surface area contributed by atoms with Crippen LogP contribution in [-0.2, 0) is 22.7 Å². The Morgan fingerprint density at radius 1 is 0.975 bits per heavy atom. The number of carboxylic acid groups (broad SMARTS) is 1. The van der Waals surface area contributed by atoms with Crippen LogP contribution in [0.3, 0.4) is 0 Å². The Kier molecular flexibility index (Phi) is 10.4. The molecular weight excluding hydrogens is 525 g/mol. The number of primary amides is 1. The zero-order chi connectivity index (χ0) is 29.3. The molecule has 1 aliphatic rings. The molecule has 0 bridgehead atoms. The first kappa shape index (κ1) is 30.3. The second kappa shape index (κ2) is 13.7. The molecule has 11 heteroatoms. The summed E-state index contributed by atoms with van der Waals surface area (Å²) in [6, 6.07) is 23.4. The van der Waals surface area contributed by atoms with E-state index in [4.69, 9.17) is 21.4 Å². The standard InChI is InChI=1S/C27H30N4O2.C2HF3O2/c28-16-19-6-3-8-20(14-19)21-9-4-10-22(15-21)27(33)30-25-12-2-1-7-23(25)17-31-13-5-11-24(18-31)26(29)32;3-2(4,5)1(6)7/h1-4,6-10,12,14-15,24H,5,11,13,16-18,28H2,(H2,29,32)(H,30,33);(H,6,7). The molecule has 6 N–H and O–H groups in total. The summed E-state index contributed by atoms with van der Waals surface area (Å²) in [5.74, 6) is -3.26. The molecule has 4 rings (SSSR count). The van der Waals surface area contributed by atoms with Crippen molar-refractivity contribution in [3.8, 4) is 11.1 Å². The van der Waals surface area contributed by atoms with Gasteiger partial charge in [-0.1, -0.05) is 48.5 Å². The summed E-state index contributed by atoms with van der Waals surface area (Å²) in [7, 11) is 0. The van der Waals surface area contributed by atoms with E-state index in [9.17, 15) is 22.8 Å². The monoisotopic (exact) mass is 556 g/mol. The molecule has 2 amide bonds. The largest absolute Gasteiger partial charge is 0.490 e. The maximum Gasteiger partial charge on any atom is 0.490 e. The molecule has 3 aromatic carbocycles. The van der Waals surface area contributed by atoms with E-state index in [0.717, 1.165) is 47.3 Å². The van der Waals surface area contributed by atoms with Gasteiger partial charge in [-0.3, -0.25) is 14.5 Å². The first-order valence-electron chi connectivity index (χ1n) is 12.6. The molecule has 1 atom stereocenters. The van der Waals surface area contributed by atoms with Crippen molar-refractivity contribution in [1.82, 2.24) is 4.90 Å². The van der Waals surface area contributed by atoms with E-state index in [1.54, 1.807) is 0 Å². The second-order valence-electron chi connectivity index (χ2n) is 9.38. The summed E-state index contributed by atoms with van der Waals surface area (Å²) in [6.45, 7) is 2.70. The van der Waals surface area contributed by atoms with E-state index in [1.807, 2.05) is 72.8 Å². The number of nitrogens with one attached hydrogen (secondary N) is 1. The molecule has 0 radical (unpaired) electrons. The van der Waals surface area contributed by atoms with Gasteiger partial charge in [0.1, 0.15) is 0 Å². The molecule has 1 aliphatic heterocycles. The van der Waals surface area contributed by atoms with Gasteiger partial charge in [-0.25, -0.2) is 4.79 Å². The summed E-state index contributed by atoms with van der Waals surface area (Å²) in [5.41, 5.74) is 16.7. The van der Waals surface area contributed by atoms with E-state index < -0.39 is 12.1 Å². The molecule has 8 nitrogen and oxygen atoms in total. The van der Waals surface area contributed by atoms with Gasteiger partial charge in [0.15, 0.2) is 0 Å². The van der Waals surface area contributed by atoms with E-state index >= 15 is 0 Å². The van der Waals surface area contributed by atoms with Crippen molar-refractivity contribution in [2.24, 2.45) is 17.4 Å². The van der Waals surface area contributed by atoms with Gasteiger partial charge < -0.3 is 21.9 Å². The van der Waals surface area contributed by atoms with Gasteiger partial charge in [-0.05, 0) is 65.9 Å². The lowest BCUT2D eigenvalue weighted by molar-refractivity contribution is -0.192. The fourth-order valence-corrected chi connectivity index (χ4v) is 4.36. The fraction of sp³-hybridized carbons (Fsp3) is 0.276. The lowest BCUT2D eigenvalue weighted by atomic mass is 9.97. The maximum absolute atomic E-state index is 13.1. The predicted molar refractivity (Wildman–Crippen MR) is 145 cm³/mol. The second-order valence-corrected chi connectivity index (χ2v) is 9.38. The number of carbonyl (C=O) groups is 3. The van der Waals surface area contributed by atoms with Gasteiger partial charge in [-0.15, -0.1) is 0 Å². The number of halogens is 3. The van der Waals surface area contributed by atoms with Crippen LogP contribution in [0.4, 0.5) is 18.9 Å². The number of hydrogen-bond acceptors (Lipinski definition) is 5. The van der Waals surface area contributed by atoms with Crippen LogP contribution in [0, 0.1) is 5.92 Å². The molecule has 1 unspecified atom stereocenters. The number of nitrogens with zero attached hydrogens (tertiary/aromatic N) is 1. The lowest BCUT2D eigenvalue weighted by Crippen LogP contribution is -2.40. The zero-order valence-electron chi connectivity index (χ0n) is 21.7. The van der Waals surface area contributed by atoms with Gasteiger partial charge in [0.05, 0.1) is 5.92 Å². The molecule has 0 aromatic heterocycles. The van der Waals surface area contributed by atoms with E-state index in [-0.39, 0.29) is 17.7 Å². The number of alkyl halides is 3. The highest BCUT2D eigenvalue weighted by Crippen LogP contribution is 2.25.